The Bertz CT molecular complexity index is 826. The predicted octanol–water partition coefficient (Wildman–Crippen LogP) is 4.63. The summed E-state index contributed by atoms with van der Waals surface area (Å²) in [6.07, 6.45) is 0. The molecule has 0 bridgehead atoms. The van der Waals surface area contributed by atoms with E-state index >= 15 is 0 Å². The van der Waals surface area contributed by atoms with Gasteiger partial charge in [0.15, 0.2) is 0 Å². The predicted molar refractivity (Wildman–Crippen MR) is 95.1 cm³/mol. The van der Waals surface area contributed by atoms with Gasteiger partial charge >= 0.3 is 5.97 Å². The molecule has 126 valence electrons. The van der Waals surface area contributed by atoms with Crippen LogP contribution < -0.4 is 14.2 Å². The maximum Gasteiger partial charge on any atom is 0.347 e. The van der Waals surface area contributed by atoms with Crippen molar-refractivity contribution < 1.29 is 19.0 Å². The minimum atomic E-state index is -0.475. The fourth-order valence-corrected chi connectivity index (χ4v) is 2.21. The highest BCUT2D eigenvalue weighted by atomic mass is 16.7. The summed E-state index contributed by atoms with van der Waals surface area (Å²) >= 11 is 0. The van der Waals surface area contributed by atoms with Gasteiger partial charge in [0.2, 0.25) is 6.79 Å². The molecule has 0 spiro atoms. The van der Waals surface area contributed by atoms with E-state index in [4.69, 9.17) is 14.2 Å². The van der Waals surface area contributed by atoms with Gasteiger partial charge in [0, 0.05) is 0 Å². The molecule has 4 nitrogen and oxygen atoms in total. The number of carbonyl (C=O) groups is 1. The summed E-state index contributed by atoms with van der Waals surface area (Å²) in [6.45, 7) is 2.01. The molecule has 0 amide bonds. The van der Waals surface area contributed by atoms with Crippen LogP contribution in [0.5, 0.6) is 17.2 Å². The normalized spacial score (nSPS) is 10.1. The summed E-state index contributed by atoms with van der Waals surface area (Å²) < 4.78 is 16.5. The summed E-state index contributed by atoms with van der Waals surface area (Å²) in [5, 5.41) is 0. The number of benzene rings is 3. The Balaban J connectivity index is 1.64. The van der Waals surface area contributed by atoms with Gasteiger partial charge in [-0.3, -0.25) is 0 Å². The Hall–Kier alpha value is -3.27. The van der Waals surface area contributed by atoms with Gasteiger partial charge in [-0.2, -0.15) is 0 Å². The number of esters is 1. The van der Waals surface area contributed by atoms with Crippen LogP contribution in [0.15, 0.2) is 78.9 Å². The summed E-state index contributed by atoms with van der Waals surface area (Å²) in [5.74, 6) is 1.13. The van der Waals surface area contributed by atoms with Crippen molar-refractivity contribution in [3.63, 3.8) is 0 Å². The quantitative estimate of drug-likeness (QED) is 0.374. The van der Waals surface area contributed by atoms with E-state index in [9.17, 15) is 4.79 Å². The molecule has 0 radical (unpaired) electrons. The fourth-order valence-electron chi connectivity index (χ4n) is 2.21. The lowest BCUT2D eigenvalue weighted by Gasteiger charge is -2.12. The van der Waals surface area contributed by atoms with E-state index in [1.54, 1.807) is 48.5 Å². The van der Waals surface area contributed by atoms with Gasteiger partial charge in [-0.25, -0.2) is 4.79 Å². The van der Waals surface area contributed by atoms with Crippen LogP contribution in [0.2, 0.25) is 0 Å². The molecule has 0 aromatic heterocycles. The minimum Gasteiger partial charge on any atom is -0.458 e. The van der Waals surface area contributed by atoms with Gasteiger partial charge in [0.05, 0.1) is 0 Å². The molecule has 0 heterocycles. The van der Waals surface area contributed by atoms with Crippen LogP contribution in [0.3, 0.4) is 0 Å². The lowest BCUT2D eigenvalue weighted by atomic mass is 10.2. The van der Waals surface area contributed by atoms with E-state index in [0.29, 0.717) is 22.8 Å². The molecule has 4 heteroatoms. The molecule has 0 atom stereocenters. The first kappa shape index (κ1) is 16.6. The number of hydrogen-bond acceptors (Lipinski definition) is 4. The zero-order chi connectivity index (χ0) is 17.5. The van der Waals surface area contributed by atoms with E-state index in [1.165, 1.54) is 0 Å². The first-order valence-corrected chi connectivity index (χ1v) is 7.91. The van der Waals surface area contributed by atoms with E-state index in [0.717, 1.165) is 5.56 Å². The maximum atomic E-state index is 12.4. The summed E-state index contributed by atoms with van der Waals surface area (Å²) in [4.78, 5) is 12.4. The number of rotatable bonds is 6. The zero-order valence-corrected chi connectivity index (χ0v) is 13.8. The first-order chi connectivity index (χ1) is 12.2. The van der Waals surface area contributed by atoms with Gasteiger partial charge < -0.3 is 14.2 Å². The number of aryl methyl sites for hydroxylation is 1. The average Bonchev–Trinajstić information content (AvgIpc) is 2.64. The van der Waals surface area contributed by atoms with Crippen molar-refractivity contribution >= 4 is 5.97 Å². The standard InChI is InChI=1S/C21H18O4/c1-16-11-13-17(14-12-16)23-15-24-20-10-6-5-9-19(20)21(22)25-18-7-3-2-4-8-18/h2-14H,15H2,1H3. The molecule has 3 aromatic carbocycles. The van der Waals surface area contributed by atoms with E-state index < -0.39 is 5.97 Å². The van der Waals surface area contributed by atoms with Gasteiger partial charge in [0.1, 0.15) is 22.8 Å². The van der Waals surface area contributed by atoms with Crippen LogP contribution in [-0.4, -0.2) is 12.8 Å². The summed E-state index contributed by atoms with van der Waals surface area (Å²) in [6, 6.07) is 23.5. The molecule has 0 fully saturated rings. The molecule has 3 aromatic rings. The SMILES string of the molecule is Cc1ccc(OCOc2ccccc2C(=O)Oc2ccccc2)cc1. The van der Waals surface area contributed by atoms with Crippen molar-refractivity contribution in [1.82, 2.24) is 0 Å². The van der Waals surface area contributed by atoms with Crippen LogP contribution >= 0.6 is 0 Å². The molecule has 0 aliphatic heterocycles. The molecule has 0 aliphatic rings. The Morgan fingerprint density at radius 3 is 2.20 bits per heavy atom. The lowest BCUT2D eigenvalue weighted by molar-refractivity contribution is 0.0719. The van der Waals surface area contributed by atoms with Gasteiger partial charge in [0.25, 0.3) is 0 Å². The number of para-hydroxylation sites is 2. The van der Waals surface area contributed by atoms with Crippen molar-refractivity contribution in [2.75, 3.05) is 6.79 Å². The molecule has 0 N–H and O–H groups in total. The zero-order valence-electron chi connectivity index (χ0n) is 13.8. The highest BCUT2D eigenvalue weighted by Crippen LogP contribution is 2.21. The molecule has 0 saturated heterocycles. The van der Waals surface area contributed by atoms with Crippen LogP contribution in [0.25, 0.3) is 0 Å². The highest BCUT2D eigenvalue weighted by molar-refractivity contribution is 5.93. The first-order valence-electron chi connectivity index (χ1n) is 7.91. The monoisotopic (exact) mass is 334 g/mol. The number of carbonyl (C=O) groups excluding carboxylic acids is 1. The Labute approximate surface area is 146 Å². The van der Waals surface area contributed by atoms with Crippen molar-refractivity contribution in [3.8, 4) is 17.2 Å². The largest absolute Gasteiger partial charge is 0.458 e. The van der Waals surface area contributed by atoms with E-state index in [-0.39, 0.29) is 6.79 Å². The Kier molecular flexibility index (Phi) is 5.32. The molecule has 0 aliphatic carbocycles. The van der Waals surface area contributed by atoms with Crippen LogP contribution in [0, 0.1) is 6.92 Å². The molecule has 3 rings (SSSR count). The number of ether oxygens (including phenoxy) is 3. The maximum absolute atomic E-state index is 12.4. The van der Waals surface area contributed by atoms with Gasteiger partial charge in [-0.15, -0.1) is 0 Å². The molecule has 0 unspecified atom stereocenters. The average molecular weight is 334 g/mol. The molecular weight excluding hydrogens is 316 g/mol. The minimum absolute atomic E-state index is 0.00130. The van der Waals surface area contributed by atoms with Crippen LogP contribution in [-0.2, 0) is 0 Å². The topological polar surface area (TPSA) is 44.8 Å². The highest BCUT2D eigenvalue weighted by Gasteiger charge is 2.14. The molecular formula is C21H18O4. The second-order valence-electron chi connectivity index (χ2n) is 5.42. The summed E-state index contributed by atoms with van der Waals surface area (Å²) in [5.41, 5.74) is 1.50. The van der Waals surface area contributed by atoms with Gasteiger partial charge in [-0.1, -0.05) is 48.0 Å². The Morgan fingerprint density at radius 2 is 1.44 bits per heavy atom. The fraction of sp³-hybridized carbons (Fsp3) is 0.0952. The van der Waals surface area contributed by atoms with Crippen LogP contribution in [0.1, 0.15) is 15.9 Å². The second kappa shape index (κ2) is 8.02. The van der Waals surface area contributed by atoms with E-state index in [1.807, 2.05) is 37.3 Å². The third kappa shape index (κ3) is 4.61. The third-order valence-electron chi connectivity index (χ3n) is 3.52. The van der Waals surface area contributed by atoms with Gasteiger partial charge in [-0.05, 0) is 43.3 Å². The Morgan fingerprint density at radius 1 is 0.760 bits per heavy atom. The lowest BCUT2D eigenvalue weighted by Crippen LogP contribution is -2.13. The number of hydrogen-bond donors (Lipinski definition) is 0. The van der Waals surface area contributed by atoms with Crippen molar-refractivity contribution in [2.24, 2.45) is 0 Å². The summed E-state index contributed by atoms with van der Waals surface area (Å²) in [7, 11) is 0. The smallest absolute Gasteiger partial charge is 0.347 e. The van der Waals surface area contributed by atoms with E-state index in [2.05, 4.69) is 0 Å². The van der Waals surface area contributed by atoms with Crippen molar-refractivity contribution in [1.29, 1.82) is 0 Å². The third-order valence-corrected chi connectivity index (χ3v) is 3.52. The molecule has 25 heavy (non-hydrogen) atoms. The molecule has 0 saturated carbocycles. The van der Waals surface area contributed by atoms with Crippen LogP contribution in [0.4, 0.5) is 0 Å². The van der Waals surface area contributed by atoms with Crippen molar-refractivity contribution in [3.05, 3.63) is 90.0 Å². The van der Waals surface area contributed by atoms with Crippen molar-refractivity contribution in [2.45, 2.75) is 6.92 Å². The second-order valence-corrected chi connectivity index (χ2v) is 5.42.